The summed E-state index contributed by atoms with van der Waals surface area (Å²) in [5.74, 6) is -1.18. The van der Waals surface area contributed by atoms with Gasteiger partial charge in [-0.1, -0.05) is 17.7 Å². The van der Waals surface area contributed by atoms with Crippen LogP contribution in [-0.4, -0.2) is 23.0 Å². The number of rotatable bonds is 1. The first kappa shape index (κ1) is 10.7. The van der Waals surface area contributed by atoms with Crippen LogP contribution in [0.2, 0.25) is 0 Å². The standard InChI is InChI=1S/C12H13NO3/c1-7-3-4-10-9(5-7)6-11(12(15)16)13(10)8(2)14/h3-5,11H,6H2,1-2H3,(H,15,16). The number of hydrogen-bond donors (Lipinski definition) is 1. The highest BCUT2D eigenvalue weighted by Gasteiger charge is 2.36. The smallest absolute Gasteiger partial charge is 0.327 e. The molecule has 4 heteroatoms. The number of carbonyl (C=O) groups is 2. The monoisotopic (exact) mass is 219 g/mol. The molecule has 16 heavy (non-hydrogen) atoms. The lowest BCUT2D eigenvalue weighted by Gasteiger charge is -2.20. The van der Waals surface area contributed by atoms with Crippen LogP contribution in [-0.2, 0) is 16.0 Å². The van der Waals surface area contributed by atoms with E-state index in [4.69, 9.17) is 5.11 Å². The number of anilines is 1. The van der Waals surface area contributed by atoms with Crippen molar-refractivity contribution in [2.45, 2.75) is 26.3 Å². The summed E-state index contributed by atoms with van der Waals surface area (Å²) in [5, 5.41) is 9.08. The molecule has 1 amide bonds. The molecule has 0 bridgehead atoms. The third-order valence-electron chi connectivity index (χ3n) is 2.84. The quantitative estimate of drug-likeness (QED) is 0.775. The Labute approximate surface area is 93.5 Å². The lowest BCUT2D eigenvalue weighted by atomic mass is 10.1. The zero-order chi connectivity index (χ0) is 11.9. The number of aryl methyl sites for hydroxylation is 1. The average Bonchev–Trinajstić information content (AvgIpc) is 2.55. The van der Waals surface area contributed by atoms with Gasteiger partial charge in [-0.2, -0.15) is 0 Å². The van der Waals surface area contributed by atoms with Gasteiger partial charge >= 0.3 is 5.97 Å². The van der Waals surface area contributed by atoms with Crippen LogP contribution in [0.5, 0.6) is 0 Å². The molecule has 0 saturated heterocycles. The van der Waals surface area contributed by atoms with Crippen molar-refractivity contribution in [1.82, 2.24) is 0 Å². The fourth-order valence-electron chi connectivity index (χ4n) is 2.17. The molecule has 1 atom stereocenters. The molecule has 84 valence electrons. The second kappa shape index (κ2) is 3.63. The zero-order valence-corrected chi connectivity index (χ0v) is 9.23. The Morgan fingerprint density at radius 2 is 2.12 bits per heavy atom. The molecule has 1 N–H and O–H groups in total. The predicted octanol–water partition coefficient (Wildman–Crippen LogP) is 1.36. The fourth-order valence-corrected chi connectivity index (χ4v) is 2.17. The van der Waals surface area contributed by atoms with Crippen LogP contribution in [0.15, 0.2) is 18.2 Å². The van der Waals surface area contributed by atoms with Crippen LogP contribution in [0.25, 0.3) is 0 Å². The number of fused-ring (bicyclic) bond motifs is 1. The van der Waals surface area contributed by atoms with Crippen LogP contribution < -0.4 is 4.90 Å². The molecule has 2 rings (SSSR count). The molecule has 1 unspecified atom stereocenters. The van der Waals surface area contributed by atoms with Gasteiger partial charge in [-0.05, 0) is 18.6 Å². The van der Waals surface area contributed by atoms with Crippen molar-refractivity contribution in [3.8, 4) is 0 Å². The van der Waals surface area contributed by atoms with E-state index < -0.39 is 12.0 Å². The molecule has 0 radical (unpaired) electrons. The lowest BCUT2D eigenvalue weighted by Crippen LogP contribution is -2.41. The maximum atomic E-state index is 11.5. The second-order valence-electron chi connectivity index (χ2n) is 4.08. The number of hydrogen-bond acceptors (Lipinski definition) is 2. The summed E-state index contributed by atoms with van der Waals surface area (Å²) in [6.45, 7) is 3.34. The maximum absolute atomic E-state index is 11.5. The van der Waals surface area contributed by atoms with E-state index in [0.29, 0.717) is 6.42 Å². The van der Waals surface area contributed by atoms with Gasteiger partial charge in [-0.3, -0.25) is 9.69 Å². The van der Waals surface area contributed by atoms with E-state index in [1.54, 1.807) is 0 Å². The topological polar surface area (TPSA) is 57.6 Å². The molecule has 1 aliphatic rings. The van der Waals surface area contributed by atoms with Crippen molar-refractivity contribution in [2.24, 2.45) is 0 Å². The molecule has 0 fully saturated rings. The summed E-state index contributed by atoms with van der Waals surface area (Å²) in [6, 6.07) is 4.89. The Balaban J connectivity index is 2.49. The maximum Gasteiger partial charge on any atom is 0.327 e. The fraction of sp³-hybridized carbons (Fsp3) is 0.333. The van der Waals surface area contributed by atoms with E-state index in [9.17, 15) is 9.59 Å². The van der Waals surface area contributed by atoms with Crippen LogP contribution in [0.3, 0.4) is 0 Å². The number of carboxylic acid groups (broad SMARTS) is 1. The zero-order valence-electron chi connectivity index (χ0n) is 9.23. The number of carbonyl (C=O) groups excluding carboxylic acids is 1. The number of benzene rings is 1. The highest BCUT2D eigenvalue weighted by atomic mass is 16.4. The highest BCUT2D eigenvalue weighted by molar-refractivity contribution is 6.00. The summed E-state index contributed by atoms with van der Waals surface area (Å²) in [5.41, 5.74) is 2.74. The summed E-state index contributed by atoms with van der Waals surface area (Å²) in [6.07, 6.45) is 0.395. The third kappa shape index (κ3) is 1.56. The van der Waals surface area contributed by atoms with Crippen molar-refractivity contribution in [1.29, 1.82) is 0 Å². The molecule has 0 spiro atoms. The Kier molecular flexibility index (Phi) is 2.42. The van der Waals surface area contributed by atoms with E-state index in [1.807, 2.05) is 25.1 Å². The molecular weight excluding hydrogens is 206 g/mol. The first-order chi connectivity index (χ1) is 7.50. The summed E-state index contributed by atoms with van der Waals surface area (Å²) in [4.78, 5) is 23.9. The van der Waals surface area contributed by atoms with Crippen molar-refractivity contribution < 1.29 is 14.7 Å². The SMILES string of the molecule is CC(=O)N1c2ccc(C)cc2CC1C(=O)O. The minimum atomic E-state index is -0.955. The number of carboxylic acids is 1. The molecule has 1 aromatic carbocycles. The van der Waals surface area contributed by atoms with Gasteiger partial charge in [0.05, 0.1) is 0 Å². The van der Waals surface area contributed by atoms with E-state index in [-0.39, 0.29) is 5.91 Å². The first-order valence-electron chi connectivity index (χ1n) is 5.13. The first-order valence-corrected chi connectivity index (χ1v) is 5.13. The highest BCUT2D eigenvalue weighted by Crippen LogP contribution is 2.33. The predicted molar refractivity (Wildman–Crippen MR) is 59.5 cm³/mol. The Bertz CT molecular complexity index is 467. The molecule has 0 aliphatic carbocycles. The van der Waals surface area contributed by atoms with E-state index in [1.165, 1.54) is 11.8 Å². The number of aliphatic carboxylic acids is 1. The van der Waals surface area contributed by atoms with Crippen molar-refractivity contribution >= 4 is 17.6 Å². The Hall–Kier alpha value is -1.84. The van der Waals surface area contributed by atoms with Crippen molar-refractivity contribution in [3.05, 3.63) is 29.3 Å². The second-order valence-corrected chi connectivity index (χ2v) is 4.08. The molecular formula is C12H13NO3. The van der Waals surface area contributed by atoms with Gasteiger partial charge in [-0.25, -0.2) is 4.79 Å². The molecule has 0 saturated carbocycles. The number of amides is 1. The van der Waals surface area contributed by atoms with Gasteiger partial charge in [0.1, 0.15) is 6.04 Å². The van der Waals surface area contributed by atoms with Crippen LogP contribution in [0.4, 0.5) is 5.69 Å². The van der Waals surface area contributed by atoms with Crippen molar-refractivity contribution in [2.75, 3.05) is 4.90 Å². The normalized spacial score (nSPS) is 18.4. The molecule has 1 heterocycles. The summed E-state index contributed by atoms with van der Waals surface area (Å²) >= 11 is 0. The summed E-state index contributed by atoms with van der Waals surface area (Å²) in [7, 11) is 0. The van der Waals surface area contributed by atoms with Gasteiger partial charge in [0.25, 0.3) is 0 Å². The van der Waals surface area contributed by atoms with Crippen LogP contribution >= 0.6 is 0 Å². The molecule has 0 aromatic heterocycles. The van der Waals surface area contributed by atoms with Crippen LogP contribution in [0, 0.1) is 6.92 Å². The third-order valence-corrected chi connectivity index (χ3v) is 2.84. The minimum absolute atomic E-state index is 0.227. The van der Waals surface area contributed by atoms with E-state index >= 15 is 0 Å². The Morgan fingerprint density at radius 1 is 1.44 bits per heavy atom. The van der Waals surface area contributed by atoms with Crippen molar-refractivity contribution in [3.63, 3.8) is 0 Å². The molecule has 4 nitrogen and oxygen atoms in total. The summed E-state index contributed by atoms with van der Waals surface area (Å²) < 4.78 is 0. The Morgan fingerprint density at radius 3 is 2.69 bits per heavy atom. The lowest BCUT2D eigenvalue weighted by molar-refractivity contribution is -0.139. The largest absolute Gasteiger partial charge is 0.480 e. The van der Waals surface area contributed by atoms with Gasteiger partial charge in [0.15, 0.2) is 0 Å². The molecule has 1 aromatic rings. The molecule has 1 aliphatic heterocycles. The average molecular weight is 219 g/mol. The number of nitrogens with zero attached hydrogens (tertiary/aromatic N) is 1. The van der Waals surface area contributed by atoms with Gasteiger partial charge in [-0.15, -0.1) is 0 Å². The van der Waals surface area contributed by atoms with E-state index in [2.05, 4.69) is 0 Å². The minimum Gasteiger partial charge on any atom is -0.480 e. The van der Waals surface area contributed by atoms with Crippen LogP contribution in [0.1, 0.15) is 18.1 Å². The van der Waals surface area contributed by atoms with Gasteiger partial charge < -0.3 is 5.11 Å². The van der Waals surface area contributed by atoms with Gasteiger partial charge in [0.2, 0.25) is 5.91 Å². The van der Waals surface area contributed by atoms with Gasteiger partial charge in [0, 0.05) is 19.0 Å². The van der Waals surface area contributed by atoms with E-state index in [0.717, 1.165) is 16.8 Å².